The van der Waals surface area contributed by atoms with Gasteiger partial charge < -0.3 is 4.90 Å². The molecule has 0 radical (unpaired) electrons. The van der Waals surface area contributed by atoms with Crippen molar-refractivity contribution >= 4 is 15.7 Å². The van der Waals surface area contributed by atoms with Crippen LogP contribution >= 0.6 is 0 Å². The van der Waals surface area contributed by atoms with Crippen LogP contribution in [0, 0.1) is 0 Å². The summed E-state index contributed by atoms with van der Waals surface area (Å²) in [7, 11) is -3.14. The lowest BCUT2D eigenvalue weighted by molar-refractivity contribution is -0.137. The summed E-state index contributed by atoms with van der Waals surface area (Å²) in [5.74, 6) is -0.633. The van der Waals surface area contributed by atoms with Crippen molar-refractivity contribution in [3.63, 3.8) is 0 Å². The highest BCUT2D eigenvalue weighted by Gasteiger charge is 2.50. The fraction of sp³-hybridized carbons (Fsp3) is 0.462. The largest absolute Gasteiger partial charge is 0.416 e. The molecule has 2 saturated heterocycles. The molecular formula is C13H12F3NO3S. The van der Waals surface area contributed by atoms with Crippen LogP contribution in [0.25, 0.3) is 0 Å². The van der Waals surface area contributed by atoms with E-state index in [4.69, 9.17) is 0 Å². The number of alkyl halides is 3. The van der Waals surface area contributed by atoms with E-state index < -0.39 is 38.8 Å². The van der Waals surface area contributed by atoms with Crippen LogP contribution in [0.4, 0.5) is 13.2 Å². The van der Waals surface area contributed by atoms with Gasteiger partial charge in [-0.05, 0) is 24.6 Å². The molecule has 0 N–H and O–H groups in total. The van der Waals surface area contributed by atoms with Gasteiger partial charge in [0.15, 0.2) is 9.84 Å². The molecular weight excluding hydrogens is 307 g/mol. The summed E-state index contributed by atoms with van der Waals surface area (Å²) in [6.07, 6.45) is -4.13. The van der Waals surface area contributed by atoms with Crippen molar-refractivity contribution in [3.8, 4) is 0 Å². The predicted molar refractivity (Wildman–Crippen MR) is 68.5 cm³/mol. The number of halogens is 3. The number of sulfone groups is 1. The summed E-state index contributed by atoms with van der Waals surface area (Å²) in [5.41, 5.74) is -0.944. The summed E-state index contributed by atoms with van der Waals surface area (Å²) < 4.78 is 61.2. The van der Waals surface area contributed by atoms with E-state index in [1.165, 1.54) is 17.0 Å². The third-order valence-electron chi connectivity index (χ3n) is 4.01. The van der Waals surface area contributed by atoms with Crippen molar-refractivity contribution in [3.05, 3.63) is 35.4 Å². The Morgan fingerprint density at radius 3 is 2.52 bits per heavy atom. The van der Waals surface area contributed by atoms with E-state index in [-0.39, 0.29) is 17.9 Å². The highest BCUT2D eigenvalue weighted by molar-refractivity contribution is 7.92. The van der Waals surface area contributed by atoms with Gasteiger partial charge in [0.2, 0.25) is 0 Å². The Kier molecular flexibility index (Phi) is 3.05. The molecule has 0 spiro atoms. The zero-order valence-corrected chi connectivity index (χ0v) is 11.6. The number of nitrogens with zero attached hydrogens (tertiary/aromatic N) is 1. The number of rotatable bonds is 1. The van der Waals surface area contributed by atoms with Crippen molar-refractivity contribution in [2.75, 3.05) is 12.3 Å². The summed E-state index contributed by atoms with van der Waals surface area (Å²) in [4.78, 5) is 13.7. The molecule has 2 atom stereocenters. The maximum absolute atomic E-state index is 12.7. The molecule has 1 amide bonds. The van der Waals surface area contributed by atoms with E-state index in [0.717, 1.165) is 12.1 Å². The first-order chi connectivity index (χ1) is 9.68. The number of fused-ring (bicyclic) bond motifs is 2. The van der Waals surface area contributed by atoms with Crippen molar-refractivity contribution in [2.45, 2.75) is 23.9 Å². The number of likely N-dealkylation sites (tertiary alicyclic amines) is 1. The van der Waals surface area contributed by atoms with Crippen LogP contribution in [0.1, 0.15) is 22.3 Å². The molecule has 2 unspecified atom stereocenters. The third kappa shape index (κ3) is 2.41. The summed E-state index contributed by atoms with van der Waals surface area (Å²) in [6.45, 7) is 0.0715. The number of carbonyl (C=O) groups excluding carboxylic acids is 1. The molecule has 2 bridgehead atoms. The van der Waals surface area contributed by atoms with E-state index >= 15 is 0 Å². The Bertz CT molecular complexity index is 699. The molecule has 1 aromatic rings. The summed E-state index contributed by atoms with van der Waals surface area (Å²) in [6, 6.07) is 3.79. The molecule has 21 heavy (non-hydrogen) atoms. The first-order valence-corrected chi connectivity index (χ1v) is 8.10. The molecule has 0 saturated carbocycles. The fourth-order valence-corrected chi connectivity index (χ4v) is 4.97. The Balaban J connectivity index is 1.85. The predicted octanol–water partition coefficient (Wildman–Crippen LogP) is 1.72. The van der Waals surface area contributed by atoms with E-state index in [1.54, 1.807) is 0 Å². The highest BCUT2D eigenvalue weighted by atomic mass is 32.2. The van der Waals surface area contributed by atoms with Gasteiger partial charge in [-0.1, -0.05) is 6.07 Å². The van der Waals surface area contributed by atoms with Gasteiger partial charge in [0, 0.05) is 18.2 Å². The molecule has 3 rings (SSSR count). The monoisotopic (exact) mass is 319 g/mol. The Morgan fingerprint density at radius 2 is 2.00 bits per heavy atom. The van der Waals surface area contributed by atoms with Crippen LogP contribution < -0.4 is 0 Å². The molecule has 2 aliphatic heterocycles. The maximum atomic E-state index is 12.7. The SMILES string of the molecule is O=C(c1cccc(C(F)(F)F)c1)N1CC2CC1CS2(=O)=O. The van der Waals surface area contributed by atoms with E-state index in [9.17, 15) is 26.4 Å². The van der Waals surface area contributed by atoms with Crippen LogP contribution in [0.2, 0.25) is 0 Å². The molecule has 114 valence electrons. The van der Waals surface area contributed by atoms with Gasteiger partial charge >= 0.3 is 6.18 Å². The standard InChI is InChI=1S/C13H12F3NO3S/c14-13(15,16)9-3-1-2-8(4-9)12(18)17-6-11-5-10(17)7-21(11,19)20/h1-4,10-11H,5-7H2. The van der Waals surface area contributed by atoms with Gasteiger partial charge in [-0.3, -0.25) is 4.79 Å². The van der Waals surface area contributed by atoms with E-state index in [2.05, 4.69) is 0 Å². The van der Waals surface area contributed by atoms with Crippen LogP contribution in [0.3, 0.4) is 0 Å². The second kappa shape index (κ2) is 4.46. The molecule has 1 aromatic carbocycles. The number of benzene rings is 1. The van der Waals surface area contributed by atoms with Crippen molar-refractivity contribution in [2.24, 2.45) is 0 Å². The maximum Gasteiger partial charge on any atom is 0.416 e. The zero-order chi connectivity index (χ0) is 15.4. The van der Waals surface area contributed by atoms with Crippen LogP contribution in [-0.4, -0.2) is 42.8 Å². The number of carbonyl (C=O) groups is 1. The average molecular weight is 319 g/mol. The lowest BCUT2D eigenvalue weighted by Crippen LogP contribution is -2.44. The molecule has 4 nitrogen and oxygen atoms in total. The third-order valence-corrected chi connectivity index (χ3v) is 6.21. The first-order valence-electron chi connectivity index (χ1n) is 6.38. The Hall–Kier alpha value is -1.57. The molecule has 8 heteroatoms. The van der Waals surface area contributed by atoms with Crippen molar-refractivity contribution in [1.82, 2.24) is 4.90 Å². The fourth-order valence-electron chi connectivity index (χ4n) is 2.94. The van der Waals surface area contributed by atoms with Crippen LogP contribution in [0.15, 0.2) is 24.3 Å². The van der Waals surface area contributed by atoms with Gasteiger partial charge in [-0.15, -0.1) is 0 Å². The van der Waals surface area contributed by atoms with Gasteiger partial charge in [-0.25, -0.2) is 8.42 Å². The van der Waals surface area contributed by atoms with Crippen molar-refractivity contribution < 1.29 is 26.4 Å². The van der Waals surface area contributed by atoms with E-state index in [1.807, 2.05) is 0 Å². The normalized spacial score (nSPS) is 27.1. The lowest BCUT2D eigenvalue weighted by atomic mass is 10.1. The van der Waals surface area contributed by atoms with Crippen LogP contribution in [0.5, 0.6) is 0 Å². The smallest absolute Gasteiger partial charge is 0.333 e. The minimum atomic E-state index is -4.51. The first kappa shape index (κ1) is 14.4. The highest BCUT2D eigenvalue weighted by Crippen LogP contribution is 2.35. The van der Waals surface area contributed by atoms with Crippen molar-refractivity contribution in [1.29, 1.82) is 0 Å². The molecule has 0 aromatic heterocycles. The quantitative estimate of drug-likeness (QED) is 0.792. The minimum absolute atomic E-state index is 0.0604. The topological polar surface area (TPSA) is 54.5 Å². The van der Waals surface area contributed by atoms with Gasteiger partial charge in [-0.2, -0.15) is 13.2 Å². The van der Waals surface area contributed by atoms with E-state index in [0.29, 0.717) is 6.42 Å². The van der Waals surface area contributed by atoms with Crippen LogP contribution in [-0.2, 0) is 16.0 Å². The van der Waals surface area contributed by atoms with Gasteiger partial charge in [0.25, 0.3) is 5.91 Å². The van der Waals surface area contributed by atoms with Gasteiger partial charge in [0.1, 0.15) is 0 Å². The molecule has 2 aliphatic rings. The second-order valence-electron chi connectivity index (χ2n) is 5.38. The second-order valence-corrected chi connectivity index (χ2v) is 7.70. The number of amides is 1. The van der Waals surface area contributed by atoms with Gasteiger partial charge in [0.05, 0.1) is 16.6 Å². The Morgan fingerprint density at radius 1 is 1.29 bits per heavy atom. The zero-order valence-electron chi connectivity index (χ0n) is 10.8. The summed E-state index contributed by atoms with van der Waals surface area (Å²) >= 11 is 0. The number of hydrogen-bond donors (Lipinski definition) is 0. The average Bonchev–Trinajstić information content (AvgIpc) is 2.92. The Labute approximate surface area is 119 Å². The minimum Gasteiger partial charge on any atom is -0.333 e. The molecule has 0 aliphatic carbocycles. The lowest BCUT2D eigenvalue weighted by Gasteiger charge is -2.27. The molecule has 2 fully saturated rings. The molecule has 2 heterocycles. The number of hydrogen-bond acceptors (Lipinski definition) is 3. The summed E-state index contributed by atoms with van der Waals surface area (Å²) in [5, 5.41) is -0.572.